The van der Waals surface area contributed by atoms with Crippen molar-refractivity contribution >= 4 is 33.2 Å². The standard InChI is InChI=1S/C12H13BrN4O/c1-6-4-3-5-8(9(6)13)15-12(18)11-10(14)7(2)16-17-11/h3-5H,14H2,1-2H3,(H,15,18)(H,16,17). The number of benzene rings is 1. The number of hydrogen-bond donors (Lipinski definition) is 3. The first-order chi connectivity index (χ1) is 8.50. The summed E-state index contributed by atoms with van der Waals surface area (Å²) in [6, 6.07) is 5.63. The number of amides is 1. The van der Waals surface area contributed by atoms with Gasteiger partial charge in [-0.1, -0.05) is 12.1 Å². The number of carbonyl (C=O) groups is 1. The Kier molecular flexibility index (Phi) is 3.38. The molecule has 0 atom stereocenters. The number of hydrogen-bond acceptors (Lipinski definition) is 3. The van der Waals surface area contributed by atoms with Crippen LogP contribution in [-0.2, 0) is 0 Å². The lowest BCUT2D eigenvalue weighted by atomic mass is 10.2. The summed E-state index contributed by atoms with van der Waals surface area (Å²) in [6.07, 6.45) is 0. The summed E-state index contributed by atoms with van der Waals surface area (Å²) in [5, 5.41) is 9.34. The second-order valence-corrected chi connectivity index (χ2v) is 4.79. The average molecular weight is 309 g/mol. The summed E-state index contributed by atoms with van der Waals surface area (Å²) in [5.74, 6) is -0.330. The maximum Gasteiger partial charge on any atom is 0.278 e. The smallest absolute Gasteiger partial charge is 0.278 e. The Morgan fingerprint density at radius 2 is 2.17 bits per heavy atom. The number of halogens is 1. The van der Waals surface area contributed by atoms with Crippen molar-refractivity contribution in [2.24, 2.45) is 0 Å². The molecule has 1 aromatic heterocycles. The number of aromatic nitrogens is 2. The zero-order chi connectivity index (χ0) is 13.3. The number of aryl methyl sites for hydroxylation is 2. The van der Waals surface area contributed by atoms with Crippen LogP contribution < -0.4 is 11.1 Å². The molecule has 4 N–H and O–H groups in total. The van der Waals surface area contributed by atoms with Crippen molar-refractivity contribution in [3.8, 4) is 0 Å². The highest BCUT2D eigenvalue weighted by atomic mass is 79.9. The van der Waals surface area contributed by atoms with E-state index in [0.29, 0.717) is 17.1 Å². The van der Waals surface area contributed by atoms with Crippen LogP contribution in [0.3, 0.4) is 0 Å². The van der Waals surface area contributed by atoms with Gasteiger partial charge in [0, 0.05) is 4.47 Å². The van der Waals surface area contributed by atoms with E-state index in [4.69, 9.17) is 5.73 Å². The highest BCUT2D eigenvalue weighted by molar-refractivity contribution is 9.10. The van der Waals surface area contributed by atoms with Crippen LogP contribution in [0.5, 0.6) is 0 Å². The van der Waals surface area contributed by atoms with E-state index in [2.05, 4.69) is 31.4 Å². The quantitative estimate of drug-likeness (QED) is 0.797. The van der Waals surface area contributed by atoms with Gasteiger partial charge in [-0.2, -0.15) is 5.10 Å². The third-order valence-corrected chi connectivity index (χ3v) is 3.70. The van der Waals surface area contributed by atoms with Gasteiger partial charge in [-0.3, -0.25) is 9.89 Å². The van der Waals surface area contributed by atoms with Crippen molar-refractivity contribution in [2.75, 3.05) is 11.1 Å². The van der Waals surface area contributed by atoms with Crippen LogP contribution in [0.15, 0.2) is 22.7 Å². The van der Waals surface area contributed by atoms with Crippen molar-refractivity contribution in [3.63, 3.8) is 0 Å². The maximum atomic E-state index is 12.0. The highest BCUT2D eigenvalue weighted by Crippen LogP contribution is 2.26. The first-order valence-corrected chi connectivity index (χ1v) is 6.17. The lowest BCUT2D eigenvalue weighted by Gasteiger charge is -2.08. The summed E-state index contributed by atoms with van der Waals surface area (Å²) >= 11 is 3.43. The summed E-state index contributed by atoms with van der Waals surface area (Å²) in [5.41, 5.74) is 8.76. The third kappa shape index (κ3) is 2.24. The number of nitrogen functional groups attached to an aromatic ring is 1. The fourth-order valence-corrected chi connectivity index (χ4v) is 1.90. The third-order valence-electron chi connectivity index (χ3n) is 2.65. The minimum absolute atomic E-state index is 0.209. The monoisotopic (exact) mass is 308 g/mol. The van der Waals surface area contributed by atoms with E-state index in [1.54, 1.807) is 6.92 Å². The van der Waals surface area contributed by atoms with Gasteiger partial charge in [-0.05, 0) is 41.4 Å². The minimum Gasteiger partial charge on any atom is -0.395 e. The van der Waals surface area contributed by atoms with Gasteiger partial charge in [0.05, 0.1) is 17.1 Å². The molecule has 0 saturated carbocycles. The Morgan fingerprint density at radius 3 is 2.78 bits per heavy atom. The van der Waals surface area contributed by atoms with E-state index >= 15 is 0 Å². The van der Waals surface area contributed by atoms with Crippen LogP contribution in [0.25, 0.3) is 0 Å². The van der Waals surface area contributed by atoms with Crippen LogP contribution in [0, 0.1) is 13.8 Å². The predicted octanol–water partition coefficient (Wildman–Crippen LogP) is 2.62. The van der Waals surface area contributed by atoms with Gasteiger partial charge in [0.25, 0.3) is 5.91 Å². The highest BCUT2D eigenvalue weighted by Gasteiger charge is 2.16. The molecule has 0 aliphatic carbocycles. The molecule has 0 fully saturated rings. The Labute approximate surface area is 113 Å². The van der Waals surface area contributed by atoms with Crippen molar-refractivity contribution < 1.29 is 4.79 Å². The molecule has 1 amide bonds. The Hall–Kier alpha value is -1.82. The summed E-state index contributed by atoms with van der Waals surface area (Å²) in [6.45, 7) is 3.72. The van der Waals surface area contributed by atoms with Crippen molar-refractivity contribution in [1.82, 2.24) is 10.2 Å². The molecular weight excluding hydrogens is 296 g/mol. The fraction of sp³-hybridized carbons (Fsp3) is 0.167. The number of carbonyl (C=O) groups excluding carboxylic acids is 1. The molecule has 2 aromatic rings. The number of anilines is 2. The number of nitrogens with one attached hydrogen (secondary N) is 2. The van der Waals surface area contributed by atoms with Crippen LogP contribution in [-0.4, -0.2) is 16.1 Å². The van der Waals surface area contributed by atoms with E-state index in [-0.39, 0.29) is 11.6 Å². The van der Waals surface area contributed by atoms with E-state index in [1.807, 2.05) is 25.1 Å². The first-order valence-electron chi connectivity index (χ1n) is 5.37. The number of aromatic amines is 1. The van der Waals surface area contributed by atoms with Crippen molar-refractivity contribution in [1.29, 1.82) is 0 Å². The van der Waals surface area contributed by atoms with Crippen LogP contribution in [0.1, 0.15) is 21.7 Å². The zero-order valence-corrected chi connectivity index (χ0v) is 11.6. The molecule has 0 aliphatic heterocycles. The molecule has 1 heterocycles. The minimum atomic E-state index is -0.330. The molecule has 5 nitrogen and oxygen atoms in total. The molecule has 0 spiro atoms. The maximum absolute atomic E-state index is 12.0. The van der Waals surface area contributed by atoms with Gasteiger partial charge in [-0.15, -0.1) is 0 Å². The Balaban J connectivity index is 2.27. The molecule has 18 heavy (non-hydrogen) atoms. The summed E-state index contributed by atoms with van der Waals surface area (Å²) in [7, 11) is 0. The van der Waals surface area contributed by atoms with Gasteiger partial charge in [-0.25, -0.2) is 0 Å². The number of H-pyrrole nitrogens is 1. The number of nitrogens with two attached hydrogens (primary N) is 1. The van der Waals surface area contributed by atoms with Gasteiger partial charge >= 0.3 is 0 Å². The fourth-order valence-electron chi connectivity index (χ4n) is 1.54. The van der Waals surface area contributed by atoms with Crippen LogP contribution in [0.2, 0.25) is 0 Å². The van der Waals surface area contributed by atoms with E-state index in [9.17, 15) is 4.79 Å². The lowest BCUT2D eigenvalue weighted by molar-refractivity contribution is 0.102. The molecule has 0 saturated heterocycles. The van der Waals surface area contributed by atoms with E-state index in [0.717, 1.165) is 10.0 Å². The van der Waals surface area contributed by atoms with Gasteiger partial charge in [0.15, 0.2) is 5.69 Å². The second kappa shape index (κ2) is 4.81. The lowest BCUT2D eigenvalue weighted by Crippen LogP contribution is -2.14. The van der Waals surface area contributed by atoms with Crippen molar-refractivity contribution in [3.05, 3.63) is 39.6 Å². The average Bonchev–Trinajstić information content (AvgIpc) is 2.66. The zero-order valence-electron chi connectivity index (χ0n) is 10.0. The molecule has 0 radical (unpaired) electrons. The topological polar surface area (TPSA) is 83.8 Å². The van der Waals surface area contributed by atoms with E-state index in [1.165, 1.54) is 0 Å². The molecule has 6 heteroatoms. The SMILES string of the molecule is Cc1cccc(NC(=O)c2n[nH]c(C)c2N)c1Br. The summed E-state index contributed by atoms with van der Waals surface area (Å²) < 4.78 is 0.851. The summed E-state index contributed by atoms with van der Waals surface area (Å²) in [4.78, 5) is 12.0. The Bertz CT molecular complexity index is 606. The van der Waals surface area contributed by atoms with Crippen molar-refractivity contribution in [2.45, 2.75) is 13.8 Å². The molecular formula is C12H13BrN4O. The molecule has 94 valence electrons. The molecule has 0 unspecified atom stereocenters. The second-order valence-electron chi connectivity index (χ2n) is 4.00. The number of rotatable bonds is 2. The number of nitrogens with zero attached hydrogens (tertiary/aromatic N) is 1. The normalized spacial score (nSPS) is 10.4. The van der Waals surface area contributed by atoms with E-state index < -0.39 is 0 Å². The van der Waals surface area contributed by atoms with Gasteiger partial charge in [0.1, 0.15) is 0 Å². The molecule has 0 bridgehead atoms. The van der Waals surface area contributed by atoms with Gasteiger partial charge in [0.2, 0.25) is 0 Å². The van der Waals surface area contributed by atoms with Crippen LogP contribution >= 0.6 is 15.9 Å². The van der Waals surface area contributed by atoms with Gasteiger partial charge < -0.3 is 11.1 Å². The molecule has 2 rings (SSSR count). The molecule has 1 aromatic carbocycles. The predicted molar refractivity (Wildman–Crippen MR) is 74.6 cm³/mol. The first kappa shape index (κ1) is 12.6. The Morgan fingerprint density at radius 1 is 1.44 bits per heavy atom. The molecule has 0 aliphatic rings. The largest absolute Gasteiger partial charge is 0.395 e. The van der Waals surface area contributed by atoms with Crippen LogP contribution in [0.4, 0.5) is 11.4 Å².